The van der Waals surface area contributed by atoms with Crippen molar-refractivity contribution in [1.82, 2.24) is 9.99 Å². The Kier molecular flexibility index (Phi) is 4.34. The summed E-state index contributed by atoms with van der Waals surface area (Å²) in [7, 11) is 0. The number of halogens is 1. The van der Waals surface area contributed by atoms with Crippen LogP contribution in [0.4, 0.5) is 0 Å². The molecule has 0 aliphatic carbocycles. The van der Waals surface area contributed by atoms with E-state index in [-0.39, 0.29) is 0 Å². The van der Waals surface area contributed by atoms with E-state index in [1.807, 2.05) is 32.0 Å². The van der Waals surface area contributed by atoms with Crippen molar-refractivity contribution >= 4 is 27.9 Å². The minimum Gasteiger partial charge on any atom is -0.383 e. The molecule has 0 unspecified atom stereocenters. The number of aromatic nitrogens is 1. The minimum atomic E-state index is 0.518. The van der Waals surface area contributed by atoms with E-state index in [1.54, 1.807) is 11.2 Å². The lowest BCUT2D eigenvalue weighted by molar-refractivity contribution is 0.438. The molecule has 0 spiro atoms. The maximum atomic E-state index is 6.19. The van der Waals surface area contributed by atoms with Crippen molar-refractivity contribution in [2.45, 2.75) is 20.3 Å². The van der Waals surface area contributed by atoms with Crippen molar-refractivity contribution in [1.29, 1.82) is 0 Å². The Morgan fingerprint density at radius 3 is 2.90 bits per heavy atom. The van der Waals surface area contributed by atoms with Crippen LogP contribution in [0.1, 0.15) is 19.5 Å². The number of rotatable bonds is 3. The van der Waals surface area contributed by atoms with Gasteiger partial charge in [0, 0.05) is 29.6 Å². The Morgan fingerprint density at radius 1 is 1.50 bits per heavy atom. The third-order valence-corrected chi connectivity index (χ3v) is 3.32. The van der Waals surface area contributed by atoms with E-state index >= 15 is 0 Å². The number of hydrazone groups is 1. The zero-order valence-electron chi connectivity index (χ0n) is 11.5. The Balaban J connectivity index is 2.37. The SMILES string of the molecule is C=C1N=C(C)C(Cc2cccc(Br)n2)=C(N)N1/N=C\C. The molecule has 0 saturated carbocycles. The van der Waals surface area contributed by atoms with Crippen LogP contribution in [0.25, 0.3) is 0 Å². The van der Waals surface area contributed by atoms with E-state index in [2.05, 4.69) is 37.6 Å². The van der Waals surface area contributed by atoms with Gasteiger partial charge in [-0.05, 0) is 41.9 Å². The standard InChI is InChI=1S/C14H16BrN5/c1-4-17-20-10(3)18-9(2)12(14(20)16)8-11-6-5-7-13(15)19-11/h4-7H,3,8,16H2,1-2H3/b17-4-. The van der Waals surface area contributed by atoms with Gasteiger partial charge in [-0.3, -0.25) is 0 Å². The van der Waals surface area contributed by atoms with Gasteiger partial charge in [-0.15, -0.1) is 0 Å². The first-order valence-corrected chi connectivity index (χ1v) is 6.95. The molecule has 6 heteroatoms. The maximum absolute atomic E-state index is 6.19. The Labute approximate surface area is 126 Å². The predicted octanol–water partition coefficient (Wildman–Crippen LogP) is 2.81. The Bertz CT molecular complexity index is 630. The molecule has 0 bridgehead atoms. The van der Waals surface area contributed by atoms with Gasteiger partial charge in [0.1, 0.15) is 16.2 Å². The van der Waals surface area contributed by atoms with Crippen molar-refractivity contribution in [2.75, 3.05) is 0 Å². The number of aliphatic imine (C=N–C) groups is 1. The lowest BCUT2D eigenvalue weighted by Crippen LogP contribution is -2.29. The van der Waals surface area contributed by atoms with E-state index in [1.165, 1.54) is 0 Å². The fourth-order valence-electron chi connectivity index (χ4n) is 1.95. The molecule has 1 aliphatic rings. The van der Waals surface area contributed by atoms with Crippen LogP contribution >= 0.6 is 15.9 Å². The first-order chi connectivity index (χ1) is 9.52. The molecular weight excluding hydrogens is 318 g/mol. The molecular formula is C14H16BrN5. The van der Waals surface area contributed by atoms with Gasteiger partial charge in [0.2, 0.25) is 0 Å². The third kappa shape index (κ3) is 2.96. The van der Waals surface area contributed by atoms with E-state index < -0.39 is 0 Å². The van der Waals surface area contributed by atoms with Gasteiger partial charge in [-0.2, -0.15) is 5.10 Å². The van der Waals surface area contributed by atoms with E-state index in [4.69, 9.17) is 5.73 Å². The van der Waals surface area contributed by atoms with Crippen molar-refractivity contribution in [3.63, 3.8) is 0 Å². The Hall–Kier alpha value is -1.95. The van der Waals surface area contributed by atoms with E-state index in [9.17, 15) is 0 Å². The number of pyridine rings is 1. The largest absolute Gasteiger partial charge is 0.383 e. The van der Waals surface area contributed by atoms with Crippen LogP contribution < -0.4 is 5.73 Å². The lowest BCUT2D eigenvalue weighted by Gasteiger charge is -2.26. The first kappa shape index (κ1) is 14.5. The molecule has 0 amide bonds. The molecule has 2 rings (SSSR count). The highest BCUT2D eigenvalue weighted by atomic mass is 79.9. The van der Waals surface area contributed by atoms with Gasteiger partial charge < -0.3 is 5.73 Å². The highest BCUT2D eigenvalue weighted by Crippen LogP contribution is 2.23. The molecule has 0 aromatic carbocycles. The first-order valence-electron chi connectivity index (χ1n) is 6.16. The smallest absolute Gasteiger partial charge is 0.148 e. The summed E-state index contributed by atoms with van der Waals surface area (Å²) < 4.78 is 0.799. The third-order valence-electron chi connectivity index (χ3n) is 2.88. The van der Waals surface area contributed by atoms with Crippen molar-refractivity contribution in [3.05, 3.63) is 52.3 Å². The molecule has 2 heterocycles. The molecule has 1 aromatic rings. The number of hydrogen-bond acceptors (Lipinski definition) is 5. The summed E-state index contributed by atoms with van der Waals surface area (Å²) in [6.07, 6.45) is 2.26. The zero-order valence-corrected chi connectivity index (χ0v) is 13.1. The number of hydrogen-bond donors (Lipinski definition) is 1. The second-order valence-electron chi connectivity index (χ2n) is 4.29. The summed E-state index contributed by atoms with van der Waals surface area (Å²) >= 11 is 3.37. The van der Waals surface area contributed by atoms with Crippen molar-refractivity contribution < 1.29 is 0 Å². The van der Waals surface area contributed by atoms with Crippen molar-refractivity contribution in [3.8, 4) is 0 Å². The van der Waals surface area contributed by atoms with Crippen LogP contribution in [0.2, 0.25) is 0 Å². The molecule has 5 nitrogen and oxygen atoms in total. The highest BCUT2D eigenvalue weighted by molar-refractivity contribution is 9.10. The summed E-state index contributed by atoms with van der Waals surface area (Å²) in [6, 6.07) is 5.78. The molecule has 20 heavy (non-hydrogen) atoms. The monoisotopic (exact) mass is 333 g/mol. The predicted molar refractivity (Wildman–Crippen MR) is 85.1 cm³/mol. The number of nitrogens with zero attached hydrogens (tertiary/aromatic N) is 4. The van der Waals surface area contributed by atoms with Gasteiger partial charge in [0.15, 0.2) is 0 Å². The molecule has 0 radical (unpaired) electrons. The van der Waals surface area contributed by atoms with Crippen LogP contribution in [0.15, 0.2) is 56.7 Å². The quantitative estimate of drug-likeness (QED) is 0.683. The molecule has 0 atom stereocenters. The minimum absolute atomic E-state index is 0.518. The average molecular weight is 334 g/mol. The molecule has 1 aliphatic heterocycles. The molecule has 0 saturated heterocycles. The van der Waals surface area contributed by atoms with Crippen LogP contribution in [0, 0.1) is 0 Å². The summed E-state index contributed by atoms with van der Waals surface area (Å²) in [6.45, 7) is 7.59. The number of nitrogens with two attached hydrogens (primary N) is 1. The molecule has 0 fully saturated rings. The van der Waals surface area contributed by atoms with Crippen LogP contribution in [0.3, 0.4) is 0 Å². The van der Waals surface area contributed by atoms with Crippen LogP contribution in [-0.2, 0) is 6.42 Å². The van der Waals surface area contributed by atoms with Gasteiger partial charge in [0.25, 0.3) is 0 Å². The zero-order chi connectivity index (χ0) is 14.7. The topological polar surface area (TPSA) is 66.9 Å². The molecule has 1 aromatic heterocycles. The summed E-state index contributed by atoms with van der Waals surface area (Å²) in [5.74, 6) is 1.06. The normalized spacial score (nSPS) is 16.1. The van der Waals surface area contributed by atoms with Crippen molar-refractivity contribution in [2.24, 2.45) is 15.8 Å². The molecule has 104 valence electrons. The summed E-state index contributed by atoms with van der Waals surface area (Å²) in [5.41, 5.74) is 8.86. The summed E-state index contributed by atoms with van der Waals surface area (Å²) in [4.78, 5) is 8.81. The van der Waals surface area contributed by atoms with Crippen LogP contribution in [0.5, 0.6) is 0 Å². The highest BCUT2D eigenvalue weighted by Gasteiger charge is 2.21. The summed E-state index contributed by atoms with van der Waals surface area (Å²) in [5, 5.41) is 5.72. The second kappa shape index (κ2) is 6.00. The fourth-order valence-corrected chi connectivity index (χ4v) is 2.33. The average Bonchev–Trinajstić information content (AvgIpc) is 2.39. The molecule has 2 N–H and O–H groups in total. The number of allylic oxidation sites excluding steroid dienone is 1. The maximum Gasteiger partial charge on any atom is 0.148 e. The Morgan fingerprint density at radius 2 is 2.25 bits per heavy atom. The van der Waals surface area contributed by atoms with Gasteiger partial charge >= 0.3 is 0 Å². The van der Waals surface area contributed by atoms with Crippen LogP contribution in [-0.4, -0.2) is 21.9 Å². The fraction of sp³-hybridized carbons (Fsp3) is 0.214. The lowest BCUT2D eigenvalue weighted by atomic mass is 10.0. The van der Waals surface area contributed by atoms with Gasteiger partial charge in [-0.1, -0.05) is 12.6 Å². The van der Waals surface area contributed by atoms with Gasteiger partial charge in [0.05, 0.1) is 0 Å². The van der Waals surface area contributed by atoms with E-state index in [0.29, 0.717) is 18.1 Å². The van der Waals surface area contributed by atoms with Gasteiger partial charge in [-0.25, -0.2) is 15.0 Å². The van der Waals surface area contributed by atoms with E-state index in [0.717, 1.165) is 21.6 Å². The second-order valence-corrected chi connectivity index (χ2v) is 5.10.